The number of hydrogen-bond donors (Lipinski definition) is 0. The van der Waals surface area contributed by atoms with Crippen LogP contribution in [0.15, 0.2) is 24.3 Å². The highest BCUT2D eigenvalue weighted by molar-refractivity contribution is 5.30. The first-order chi connectivity index (χ1) is 6.25. The van der Waals surface area contributed by atoms with Crippen LogP contribution in [0, 0.1) is 12.3 Å². The molecule has 0 spiro atoms. The third kappa shape index (κ3) is 2.00. The molecule has 0 amide bonds. The SMILES string of the molecule is Cc1cccc(C(C)(C)C(C)(C)C)c1. The summed E-state index contributed by atoms with van der Waals surface area (Å²) in [5.74, 6) is 0. The highest BCUT2D eigenvalue weighted by Gasteiger charge is 2.34. The lowest BCUT2D eigenvalue weighted by molar-refractivity contribution is 0.225. The number of benzene rings is 1. The van der Waals surface area contributed by atoms with Crippen LogP contribution in [0.3, 0.4) is 0 Å². The molecule has 0 heteroatoms. The van der Waals surface area contributed by atoms with Gasteiger partial charge in [-0.25, -0.2) is 0 Å². The van der Waals surface area contributed by atoms with Gasteiger partial charge in [0.05, 0.1) is 0 Å². The van der Waals surface area contributed by atoms with Crippen LogP contribution in [0.2, 0.25) is 0 Å². The Morgan fingerprint density at radius 3 is 1.93 bits per heavy atom. The molecule has 0 unspecified atom stereocenters. The largest absolute Gasteiger partial charge is 0.0617 e. The van der Waals surface area contributed by atoms with Crippen LogP contribution in [0.1, 0.15) is 45.7 Å². The highest BCUT2D eigenvalue weighted by Crippen LogP contribution is 2.40. The summed E-state index contributed by atoms with van der Waals surface area (Å²) < 4.78 is 0. The predicted octanol–water partition coefficient (Wildman–Crippen LogP) is 4.32. The predicted molar refractivity (Wildman–Crippen MR) is 63.7 cm³/mol. The van der Waals surface area contributed by atoms with Crippen molar-refractivity contribution in [3.8, 4) is 0 Å². The maximum absolute atomic E-state index is 2.32. The van der Waals surface area contributed by atoms with E-state index in [0.717, 1.165) is 0 Å². The molecule has 1 aromatic rings. The van der Waals surface area contributed by atoms with Gasteiger partial charge in [-0.2, -0.15) is 0 Å². The van der Waals surface area contributed by atoms with Crippen LogP contribution < -0.4 is 0 Å². The van der Waals surface area contributed by atoms with Gasteiger partial charge in [0.15, 0.2) is 0 Å². The van der Waals surface area contributed by atoms with E-state index in [0.29, 0.717) is 5.41 Å². The zero-order chi connectivity index (χ0) is 11.0. The quantitative estimate of drug-likeness (QED) is 0.618. The summed E-state index contributed by atoms with van der Waals surface area (Å²) in [5.41, 5.74) is 3.30. The van der Waals surface area contributed by atoms with Crippen molar-refractivity contribution >= 4 is 0 Å². The molecule has 0 aliphatic rings. The van der Waals surface area contributed by atoms with Gasteiger partial charge in [-0.15, -0.1) is 0 Å². The fraction of sp³-hybridized carbons (Fsp3) is 0.571. The summed E-state index contributed by atoms with van der Waals surface area (Å²) in [6.07, 6.45) is 0. The van der Waals surface area contributed by atoms with Gasteiger partial charge >= 0.3 is 0 Å². The van der Waals surface area contributed by atoms with Crippen LogP contribution in [-0.4, -0.2) is 0 Å². The van der Waals surface area contributed by atoms with Gasteiger partial charge in [-0.05, 0) is 23.3 Å². The van der Waals surface area contributed by atoms with Gasteiger partial charge < -0.3 is 0 Å². The molecule has 0 N–H and O–H groups in total. The Morgan fingerprint density at radius 2 is 1.50 bits per heavy atom. The van der Waals surface area contributed by atoms with Gasteiger partial charge in [0.2, 0.25) is 0 Å². The number of rotatable bonds is 1. The van der Waals surface area contributed by atoms with Gasteiger partial charge in [0.25, 0.3) is 0 Å². The fourth-order valence-corrected chi connectivity index (χ4v) is 1.47. The lowest BCUT2D eigenvalue weighted by atomic mass is 9.65. The average Bonchev–Trinajstić information content (AvgIpc) is 2.02. The normalized spacial score (nSPS) is 13.0. The topological polar surface area (TPSA) is 0 Å². The molecular weight excluding hydrogens is 168 g/mol. The minimum Gasteiger partial charge on any atom is -0.0617 e. The zero-order valence-electron chi connectivity index (χ0n) is 10.3. The highest BCUT2D eigenvalue weighted by atomic mass is 14.4. The molecular formula is C14H22. The Kier molecular flexibility index (Phi) is 2.76. The van der Waals surface area contributed by atoms with Crippen molar-refractivity contribution in [1.82, 2.24) is 0 Å². The maximum Gasteiger partial charge on any atom is -0.00550 e. The molecule has 0 heterocycles. The van der Waals surface area contributed by atoms with Crippen LogP contribution >= 0.6 is 0 Å². The van der Waals surface area contributed by atoms with E-state index in [2.05, 4.69) is 65.8 Å². The standard InChI is InChI=1S/C14H22/c1-11-8-7-9-12(10-11)14(5,6)13(2,3)4/h7-10H,1-6H3. The molecule has 0 radical (unpaired) electrons. The summed E-state index contributed by atoms with van der Waals surface area (Å²) in [5, 5.41) is 0. The minimum absolute atomic E-state index is 0.221. The Balaban J connectivity index is 3.16. The molecule has 0 aromatic heterocycles. The van der Waals surface area contributed by atoms with Crippen molar-refractivity contribution in [2.75, 3.05) is 0 Å². The first-order valence-corrected chi connectivity index (χ1v) is 5.32. The first kappa shape index (κ1) is 11.3. The average molecular weight is 190 g/mol. The lowest BCUT2D eigenvalue weighted by Gasteiger charge is -2.39. The van der Waals surface area contributed by atoms with E-state index in [4.69, 9.17) is 0 Å². The summed E-state index contributed by atoms with van der Waals surface area (Å²) >= 11 is 0. The van der Waals surface area contributed by atoms with E-state index in [1.165, 1.54) is 11.1 Å². The Labute approximate surface area is 88.4 Å². The molecule has 1 rings (SSSR count). The minimum atomic E-state index is 0.221. The molecule has 0 atom stereocenters. The van der Waals surface area contributed by atoms with E-state index >= 15 is 0 Å². The molecule has 78 valence electrons. The van der Waals surface area contributed by atoms with Crippen LogP contribution in [0.4, 0.5) is 0 Å². The Hall–Kier alpha value is -0.780. The smallest absolute Gasteiger partial charge is 0.00550 e. The van der Waals surface area contributed by atoms with Crippen molar-refractivity contribution in [2.24, 2.45) is 5.41 Å². The third-order valence-electron chi connectivity index (χ3n) is 3.61. The van der Waals surface area contributed by atoms with Crippen molar-refractivity contribution in [3.05, 3.63) is 35.4 Å². The van der Waals surface area contributed by atoms with Crippen molar-refractivity contribution in [3.63, 3.8) is 0 Å². The van der Waals surface area contributed by atoms with Gasteiger partial charge in [-0.3, -0.25) is 0 Å². The van der Waals surface area contributed by atoms with Crippen LogP contribution in [0.25, 0.3) is 0 Å². The lowest BCUT2D eigenvalue weighted by Crippen LogP contribution is -2.33. The van der Waals surface area contributed by atoms with Crippen molar-refractivity contribution in [2.45, 2.75) is 47.0 Å². The van der Waals surface area contributed by atoms with E-state index < -0.39 is 0 Å². The van der Waals surface area contributed by atoms with Gasteiger partial charge in [-0.1, -0.05) is 64.4 Å². The van der Waals surface area contributed by atoms with Crippen LogP contribution in [0.5, 0.6) is 0 Å². The first-order valence-electron chi connectivity index (χ1n) is 5.32. The molecule has 0 bridgehead atoms. The summed E-state index contributed by atoms with van der Waals surface area (Å²) in [4.78, 5) is 0. The molecule has 0 aliphatic heterocycles. The maximum atomic E-state index is 2.32. The summed E-state index contributed by atoms with van der Waals surface area (Å²) in [6, 6.07) is 8.84. The van der Waals surface area contributed by atoms with Gasteiger partial charge in [0.1, 0.15) is 0 Å². The molecule has 1 aromatic carbocycles. The second-order valence-corrected chi connectivity index (χ2v) is 5.74. The number of aryl methyl sites for hydroxylation is 1. The monoisotopic (exact) mass is 190 g/mol. The van der Waals surface area contributed by atoms with E-state index in [1.807, 2.05) is 0 Å². The third-order valence-corrected chi connectivity index (χ3v) is 3.61. The second kappa shape index (κ2) is 3.42. The Bertz CT molecular complexity index is 313. The Morgan fingerprint density at radius 1 is 0.929 bits per heavy atom. The van der Waals surface area contributed by atoms with E-state index in [1.54, 1.807) is 0 Å². The number of hydrogen-bond acceptors (Lipinski definition) is 0. The molecule has 0 aliphatic carbocycles. The summed E-state index contributed by atoms with van der Waals surface area (Å²) in [7, 11) is 0. The molecule has 14 heavy (non-hydrogen) atoms. The summed E-state index contributed by atoms with van der Waals surface area (Å²) in [6.45, 7) is 13.7. The van der Waals surface area contributed by atoms with E-state index in [-0.39, 0.29) is 5.41 Å². The molecule has 0 fully saturated rings. The zero-order valence-corrected chi connectivity index (χ0v) is 10.3. The van der Waals surface area contributed by atoms with Gasteiger partial charge in [0, 0.05) is 0 Å². The van der Waals surface area contributed by atoms with Crippen molar-refractivity contribution < 1.29 is 0 Å². The van der Waals surface area contributed by atoms with E-state index in [9.17, 15) is 0 Å². The molecule has 0 saturated heterocycles. The van der Waals surface area contributed by atoms with Crippen molar-refractivity contribution in [1.29, 1.82) is 0 Å². The fourth-order valence-electron chi connectivity index (χ4n) is 1.47. The molecule has 0 nitrogen and oxygen atoms in total. The van der Waals surface area contributed by atoms with Crippen LogP contribution in [-0.2, 0) is 5.41 Å². The second-order valence-electron chi connectivity index (χ2n) is 5.74. The molecule has 0 saturated carbocycles.